The quantitative estimate of drug-likeness (QED) is 0.213. The molecule has 3 amide bonds. The maximum atomic E-state index is 13.9. The van der Waals surface area contributed by atoms with Gasteiger partial charge in [-0.2, -0.15) is 0 Å². The van der Waals surface area contributed by atoms with Crippen molar-refractivity contribution in [3.05, 3.63) is 109 Å². The predicted octanol–water partition coefficient (Wildman–Crippen LogP) is 5.31. The monoisotopic (exact) mass is 651 g/mol. The first-order valence-electron chi connectivity index (χ1n) is 13.5. The average molecular weight is 652 g/mol. The summed E-state index contributed by atoms with van der Waals surface area (Å²) in [4.78, 5) is 67.2. The summed E-state index contributed by atoms with van der Waals surface area (Å²) in [6, 6.07) is 18.1. The fourth-order valence-corrected chi connectivity index (χ4v) is 8.28. The Balaban J connectivity index is 1.33. The molecule has 1 fully saturated rings. The maximum absolute atomic E-state index is 13.9. The molecule has 224 valence electrons. The Labute approximate surface area is 263 Å². The van der Waals surface area contributed by atoms with Gasteiger partial charge in [-0.15, -0.1) is 0 Å². The van der Waals surface area contributed by atoms with Crippen LogP contribution in [0, 0.1) is 11.7 Å². The number of thioether (sulfide) groups is 1. The number of nitrogens with one attached hydrogen (secondary N) is 1. The number of halogens is 2. The van der Waals surface area contributed by atoms with Gasteiger partial charge in [0.05, 0.1) is 28.8 Å². The van der Waals surface area contributed by atoms with E-state index in [0.29, 0.717) is 31.7 Å². The second-order valence-corrected chi connectivity index (χ2v) is 12.6. The smallest absolute Gasteiger partial charge is 0.338 e. The Bertz CT molecular complexity index is 1840. The van der Waals surface area contributed by atoms with Gasteiger partial charge in [-0.05, 0) is 73.2 Å². The third-order valence-corrected chi connectivity index (χ3v) is 10.2. The van der Waals surface area contributed by atoms with Crippen LogP contribution in [-0.4, -0.2) is 40.1 Å². The van der Waals surface area contributed by atoms with Crippen LogP contribution in [0.3, 0.4) is 0 Å². The first-order chi connectivity index (χ1) is 21.2. The van der Waals surface area contributed by atoms with Gasteiger partial charge in [0.15, 0.2) is 0 Å². The van der Waals surface area contributed by atoms with E-state index in [4.69, 9.17) is 16.3 Å². The van der Waals surface area contributed by atoms with E-state index in [9.17, 15) is 28.4 Å². The number of fused-ring (bicyclic) bond motifs is 2. The van der Waals surface area contributed by atoms with E-state index in [2.05, 4.69) is 5.32 Å². The minimum atomic E-state index is -0.889. The van der Waals surface area contributed by atoms with Gasteiger partial charge in [-0.3, -0.25) is 23.7 Å². The highest BCUT2D eigenvalue weighted by Gasteiger charge is 2.56. The molecular weight excluding hydrogens is 629 g/mol. The topological polar surface area (TPSA) is 115 Å². The van der Waals surface area contributed by atoms with Gasteiger partial charge in [-0.25, -0.2) is 14.1 Å². The third-order valence-electron chi connectivity index (χ3n) is 7.34. The SMILES string of the molecule is CCOC(=O)c1ccc(NC(=O)Cn2c3c(sc2=O)[C@H](c2ccc(Cl)cc2)C2C(=O)N(c4ccc(F)cc4)C(=O)C2S3)cc1. The summed E-state index contributed by atoms with van der Waals surface area (Å²) >= 11 is 8.14. The molecule has 2 unspecified atom stereocenters. The van der Waals surface area contributed by atoms with Crippen molar-refractivity contribution in [2.75, 3.05) is 16.8 Å². The third kappa shape index (κ3) is 5.44. The lowest BCUT2D eigenvalue weighted by molar-refractivity contribution is -0.122. The van der Waals surface area contributed by atoms with E-state index in [1.807, 2.05) is 0 Å². The second kappa shape index (κ2) is 12.0. The number of hydrogen-bond donors (Lipinski definition) is 1. The standard InChI is InChI=1S/C31H23ClFN3O6S2/c1-2-42-30(40)17-5-11-20(12-6-17)34-22(37)15-35-29-26(44-31(35)41)23(16-3-7-18(32)8-4-16)24-25(43-29)28(39)36(27(24)38)21-13-9-19(33)10-14-21/h3-14,23-25H,2,15H2,1H3,(H,34,37)/t23-,24?,25?/m1/s1. The summed E-state index contributed by atoms with van der Waals surface area (Å²) in [7, 11) is 0. The van der Waals surface area contributed by atoms with Gasteiger partial charge in [0, 0.05) is 21.5 Å². The minimum absolute atomic E-state index is 0.236. The number of hydrogen-bond acceptors (Lipinski definition) is 8. The van der Waals surface area contributed by atoms with Gasteiger partial charge in [0.1, 0.15) is 17.6 Å². The fraction of sp³-hybridized carbons (Fsp3) is 0.194. The molecule has 4 aromatic rings. The zero-order valence-corrected chi connectivity index (χ0v) is 25.4. The van der Waals surface area contributed by atoms with Gasteiger partial charge in [0.25, 0.3) is 0 Å². The molecule has 9 nitrogen and oxygen atoms in total. The molecule has 1 N–H and O–H groups in total. The number of nitrogens with zero attached hydrogens (tertiary/aromatic N) is 2. The summed E-state index contributed by atoms with van der Waals surface area (Å²) < 4.78 is 19.9. The van der Waals surface area contributed by atoms with Crippen LogP contribution in [0.2, 0.25) is 5.02 Å². The summed E-state index contributed by atoms with van der Waals surface area (Å²) in [6.45, 7) is 1.60. The Morgan fingerprint density at radius 1 is 0.955 bits per heavy atom. The van der Waals surface area contributed by atoms with Crippen LogP contribution in [0.25, 0.3) is 0 Å². The molecule has 3 atom stereocenters. The largest absolute Gasteiger partial charge is 0.462 e. The minimum Gasteiger partial charge on any atom is -0.462 e. The summed E-state index contributed by atoms with van der Waals surface area (Å²) in [5.74, 6) is -3.93. The zero-order valence-electron chi connectivity index (χ0n) is 23.0. The van der Waals surface area contributed by atoms with Gasteiger partial charge >= 0.3 is 10.8 Å². The molecule has 0 spiro atoms. The molecule has 1 saturated heterocycles. The molecule has 44 heavy (non-hydrogen) atoms. The Morgan fingerprint density at radius 3 is 2.30 bits per heavy atom. The van der Waals surface area contributed by atoms with Crippen molar-refractivity contribution in [1.82, 2.24) is 4.57 Å². The number of aromatic nitrogens is 1. The number of amides is 3. The lowest BCUT2D eigenvalue weighted by atomic mass is 9.83. The van der Waals surface area contributed by atoms with E-state index < -0.39 is 51.5 Å². The van der Waals surface area contributed by atoms with Crippen molar-refractivity contribution in [1.29, 1.82) is 0 Å². The maximum Gasteiger partial charge on any atom is 0.338 e. The van der Waals surface area contributed by atoms with Crippen LogP contribution < -0.4 is 15.1 Å². The first kappa shape index (κ1) is 29.8. The number of thiazole rings is 1. The van der Waals surface area contributed by atoms with E-state index in [0.717, 1.165) is 28.0 Å². The van der Waals surface area contributed by atoms with Crippen molar-refractivity contribution < 1.29 is 28.3 Å². The summed E-state index contributed by atoms with van der Waals surface area (Å²) in [5, 5.41) is 2.75. The molecule has 1 aromatic heterocycles. The second-order valence-electron chi connectivity index (χ2n) is 10.1. The molecule has 0 bridgehead atoms. The summed E-state index contributed by atoms with van der Waals surface area (Å²) in [6.07, 6.45) is 0. The Hall–Kier alpha value is -4.26. The zero-order chi connectivity index (χ0) is 31.1. The van der Waals surface area contributed by atoms with Crippen molar-refractivity contribution >= 4 is 69.8 Å². The molecule has 0 radical (unpaired) electrons. The number of anilines is 2. The van der Waals surface area contributed by atoms with Gasteiger partial charge < -0.3 is 10.1 Å². The first-order valence-corrected chi connectivity index (χ1v) is 15.6. The highest BCUT2D eigenvalue weighted by molar-refractivity contribution is 8.00. The van der Waals surface area contributed by atoms with Gasteiger partial charge in [-0.1, -0.05) is 46.8 Å². The number of carbonyl (C=O) groups is 4. The normalized spacial score (nSPS) is 19.0. The number of imide groups is 1. The highest BCUT2D eigenvalue weighted by atomic mass is 35.5. The van der Waals surface area contributed by atoms with Crippen LogP contribution >= 0.6 is 34.7 Å². The molecular formula is C31H23ClFN3O6S2. The Morgan fingerprint density at radius 2 is 1.64 bits per heavy atom. The number of esters is 1. The fourth-order valence-electron chi connectivity index (χ4n) is 5.38. The van der Waals surface area contributed by atoms with Crippen molar-refractivity contribution in [2.24, 2.45) is 5.92 Å². The molecule has 0 saturated carbocycles. The lowest BCUT2D eigenvalue weighted by Gasteiger charge is -2.30. The molecule has 3 heterocycles. The predicted molar refractivity (Wildman–Crippen MR) is 165 cm³/mol. The van der Waals surface area contributed by atoms with Crippen LogP contribution in [0.1, 0.15) is 33.6 Å². The molecule has 2 aliphatic heterocycles. The van der Waals surface area contributed by atoms with E-state index in [-0.39, 0.29) is 18.8 Å². The molecule has 6 rings (SSSR count). The molecule has 13 heteroatoms. The van der Waals surface area contributed by atoms with Gasteiger partial charge in [0.2, 0.25) is 17.7 Å². The molecule has 3 aromatic carbocycles. The van der Waals surface area contributed by atoms with E-state index in [1.165, 1.54) is 41.0 Å². The number of rotatable bonds is 7. The number of carbonyl (C=O) groups excluding carboxylic acids is 4. The molecule has 2 aliphatic rings. The van der Waals surface area contributed by atoms with Crippen LogP contribution in [0.15, 0.2) is 82.6 Å². The van der Waals surface area contributed by atoms with Crippen molar-refractivity contribution in [3.8, 4) is 0 Å². The lowest BCUT2D eigenvalue weighted by Crippen LogP contribution is -2.33. The number of ether oxygens (including phenoxy) is 1. The van der Waals surface area contributed by atoms with Crippen molar-refractivity contribution in [3.63, 3.8) is 0 Å². The van der Waals surface area contributed by atoms with Crippen LogP contribution in [0.4, 0.5) is 15.8 Å². The highest BCUT2D eigenvalue weighted by Crippen LogP contribution is 2.54. The Kier molecular flexibility index (Phi) is 8.14. The average Bonchev–Trinajstić information content (AvgIpc) is 3.45. The van der Waals surface area contributed by atoms with Crippen molar-refractivity contribution in [2.45, 2.75) is 29.7 Å². The van der Waals surface area contributed by atoms with Crippen LogP contribution in [-0.2, 0) is 25.7 Å². The summed E-state index contributed by atoms with van der Waals surface area (Å²) in [5.41, 5.74) is 1.68. The van der Waals surface area contributed by atoms with Crippen LogP contribution in [0.5, 0.6) is 0 Å². The molecule has 0 aliphatic carbocycles. The van der Waals surface area contributed by atoms with E-state index >= 15 is 0 Å². The van der Waals surface area contributed by atoms with E-state index in [1.54, 1.807) is 43.3 Å². The number of benzene rings is 3.